The molecule has 18 nitrogen and oxygen atoms in total. The molecule has 1 unspecified atom stereocenters. The van der Waals surface area contributed by atoms with Crippen LogP contribution in [0.5, 0.6) is 0 Å². The molecule has 0 aromatic carbocycles. The first-order valence-corrected chi connectivity index (χ1v) is 11.2. The molecule has 5 atom stereocenters. The van der Waals surface area contributed by atoms with E-state index in [0.29, 0.717) is 0 Å². The highest BCUT2D eigenvalue weighted by Gasteiger charge is 2.34. The van der Waals surface area contributed by atoms with Gasteiger partial charge in [0.1, 0.15) is 29.9 Å². The Bertz CT molecular complexity index is 998. The second-order valence-electron chi connectivity index (χ2n) is 8.19. The Kier molecular flexibility index (Phi) is 10.1. The third kappa shape index (κ3) is 8.32. The molecule has 0 aromatic heterocycles. The normalized spacial score (nSPS) is 29.5. The number of nitrogens with one attached hydrogen (secondary N) is 7. The van der Waals surface area contributed by atoms with E-state index in [0.717, 1.165) is 6.20 Å². The van der Waals surface area contributed by atoms with Crippen LogP contribution in [0.15, 0.2) is 16.9 Å². The summed E-state index contributed by atoms with van der Waals surface area (Å²) in [4.78, 5) is 79.0. The SMILES string of the molecule is C[C@@H]1NC(=O)[C@@H](N)CNC(=O)[C@H]([C@H]2CCN=C(N)N2)NC(=O)/C(=C/NC(N)=O)NC(=O)C(CN)NC1=O. The van der Waals surface area contributed by atoms with Gasteiger partial charge in [-0.3, -0.25) is 29.0 Å². The molecule has 0 aromatic rings. The molecule has 1 fully saturated rings. The van der Waals surface area contributed by atoms with Crippen molar-refractivity contribution in [2.75, 3.05) is 19.6 Å². The molecule has 204 valence electrons. The van der Waals surface area contributed by atoms with Gasteiger partial charge in [0.15, 0.2) is 5.96 Å². The smallest absolute Gasteiger partial charge is 0.316 e. The van der Waals surface area contributed by atoms with Gasteiger partial charge in [0.05, 0.1) is 6.04 Å². The molecule has 2 rings (SSSR count). The average Bonchev–Trinajstić information content (AvgIpc) is 2.85. The minimum Gasteiger partial charge on any atom is -0.370 e. The van der Waals surface area contributed by atoms with Crippen molar-refractivity contribution in [2.45, 2.75) is 43.6 Å². The minimum absolute atomic E-state index is 0.0384. The lowest BCUT2D eigenvalue weighted by Crippen LogP contribution is -2.63. The number of aliphatic imine (C=N–C) groups is 1. The van der Waals surface area contributed by atoms with Crippen molar-refractivity contribution in [3.63, 3.8) is 0 Å². The number of hydrogen-bond acceptors (Lipinski definition) is 11. The van der Waals surface area contributed by atoms with Crippen LogP contribution in [0.4, 0.5) is 4.79 Å². The second kappa shape index (κ2) is 13.0. The maximum Gasteiger partial charge on any atom is 0.316 e. The van der Waals surface area contributed by atoms with Gasteiger partial charge in [-0.2, -0.15) is 0 Å². The topological polar surface area (TPSA) is 303 Å². The molecule has 0 saturated carbocycles. The molecule has 0 spiro atoms. The van der Waals surface area contributed by atoms with Crippen molar-refractivity contribution in [3.05, 3.63) is 11.9 Å². The highest BCUT2D eigenvalue weighted by molar-refractivity contribution is 6.02. The molecule has 15 N–H and O–H groups in total. The van der Waals surface area contributed by atoms with Crippen LogP contribution in [-0.4, -0.2) is 91.4 Å². The number of guanidine groups is 1. The van der Waals surface area contributed by atoms with E-state index in [4.69, 9.17) is 22.9 Å². The molecule has 1 saturated heterocycles. The number of urea groups is 1. The van der Waals surface area contributed by atoms with Crippen molar-refractivity contribution < 1.29 is 28.8 Å². The second-order valence-corrected chi connectivity index (χ2v) is 8.19. The fraction of sp³-hybridized carbons (Fsp3) is 0.526. The van der Waals surface area contributed by atoms with Crippen LogP contribution in [0.25, 0.3) is 0 Å². The van der Waals surface area contributed by atoms with E-state index >= 15 is 0 Å². The predicted octanol–water partition coefficient (Wildman–Crippen LogP) is -6.82. The van der Waals surface area contributed by atoms with E-state index in [9.17, 15) is 28.8 Å². The van der Waals surface area contributed by atoms with Crippen molar-refractivity contribution in [2.24, 2.45) is 27.9 Å². The Morgan fingerprint density at radius 3 is 2.38 bits per heavy atom. The maximum absolute atomic E-state index is 13.1. The molecule has 2 aliphatic rings. The zero-order valence-corrected chi connectivity index (χ0v) is 20.0. The first-order valence-electron chi connectivity index (χ1n) is 11.2. The summed E-state index contributed by atoms with van der Waals surface area (Å²) < 4.78 is 0. The van der Waals surface area contributed by atoms with Gasteiger partial charge in [-0.25, -0.2) is 4.79 Å². The van der Waals surface area contributed by atoms with Crippen LogP contribution in [0.3, 0.4) is 0 Å². The first kappa shape index (κ1) is 28.8. The number of primary amides is 1. The number of nitrogens with zero attached hydrogens (tertiary/aromatic N) is 1. The zero-order valence-electron chi connectivity index (χ0n) is 20.0. The maximum atomic E-state index is 13.1. The highest BCUT2D eigenvalue weighted by atomic mass is 16.2. The molecule has 0 radical (unpaired) electrons. The van der Waals surface area contributed by atoms with E-state index < -0.39 is 71.5 Å². The van der Waals surface area contributed by atoms with Gasteiger partial charge in [-0.1, -0.05) is 0 Å². The van der Waals surface area contributed by atoms with Gasteiger partial charge in [-0.05, 0) is 13.3 Å². The van der Waals surface area contributed by atoms with Crippen LogP contribution in [0.2, 0.25) is 0 Å². The fourth-order valence-corrected chi connectivity index (χ4v) is 3.30. The standard InChI is InChI=1S/C19H32N12O6/c1-7-13(32)28-10(4-20)15(34)29-11(6-26-19(23)37)16(35)31-12(9-2-3-24-18(22)30-9)17(36)25-5-8(21)14(33)27-7/h6-10,12H,2-5,20-21H2,1H3,(H,25,36)(H,27,33)(H,28,32)(H,29,34)(H,31,35)(H3,22,24,30)(H3,23,26,37)/b11-6-/t7-,8-,9+,10?,12-/m0/s1. The first-order chi connectivity index (χ1) is 17.4. The summed E-state index contributed by atoms with van der Waals surface area (Å²) in [6.45, 7) is 0.879. The quantitative estimate of drug-likeness (QED) is 0.155. The van der Waals surface area contributed by atoms with Crippen molar-refractivity contribution in [3.8, 4) is 0 Å². The van der Waals surface area contributed by atoms with Crippen LogP contribution < -0.4 is 60.2 Å². The van der Waals surface area contributed by atoms with E-state index in [1.165, 1.54) is 6.92 Å². The lowest BCUT2D eigenvalue weighted by molar-refractivity contribution is -0.132. The molecule has 18 heteroatoms. The van der Waals surface area contributed by atoms with Gasteiger partial charge in [0.2, 0.25) is 23.6 Å². The van der Waals surface area contributed by atoms with Crippen molar-refractivity contribution in [1.82, 2.24) is 37.2 Å². The zero-order chi connectivity index (χ0) is 27.7. The summed E-state index contributed by atoms with van der Waals surface area (Å²) in [6.07, 6.45) is 1.10. The Hall–Kier alpha value is -4.45. The average molecular weight is 525 g/mol. The van der Waals surface area contributed by atoms with E-state index in [1.807, 2.05) is 0 Å². The number of rotatable bonds is 3. The van der Waals surface area contributed by atoms with Gasteiger partial charge < -0.3 is 60.2 Å². The number of carbonyl (C=O) groups excluding carboxylic acids is 6. The van der Waals surface area contributed by atoms with Crippen molar-refractivity contribution in [1.29, 1.82) is 0 Å². The summed E-state index contributed by atoms with van der Waals surface area (Å²) in [5.41, 5.74) is 21.7. The van der Waals surface area contributed by atoms with Gasteiger partial charge in [0, 0.05) is 25.8 Å². The van der Waals surface area contributed by atoms with Crippen LogP contribution in [0, 0.1) is 0 Å². The van der Waals surface area contributed by atoms with E-state index in [-0.39, 0.29) is 32.0 Å². The Morgan fingerprint density at radius 1 is 1.05 bits per heavy atom. The number of hydrogen-bond donors (Lipinski definition) is 11. The van der Waals surface area contributed by atoms with E-state index in [1.54, 1.807) is 0 Å². The molecule has 2 heterocycles. The number of carbonyl (C=O) groups is 6. The lowest BCUT2D eigenvalue weighted by Gasteiger charge is -2.31. The summed E-state index contributed by atoms with van der Waals surface area (Å²) in [6, 6.07) is -6.78. The molecule has 2 aliphatic heterocycles. The van der Waals surface area contributed by atoms with Gasteiger partial charge >= 0.3 is 6.03 Å². The molecule has 0 bridgehead atoms. The Labute approximate surface area is 211 Å². The molecule has 37 heavy (non-hydrogen) atoms. The van der Waals surface area contributed by atoms with Crippen molar-refractivity contribution >= 4 is 41.5 Å². The third-order valence-corrected chi connectivity index (χ3v) is 5.34. The molecular formula is C19H32N12O6. The number of nitrogens with two attached hydrogens (primary N) is 4. The van der Waals surface area contributed by atoms with Gasteiger partial charge in [-0.15, -0.1) is 0 Å². The Balaban J connectivity index is 2.44. The number of amides is 7. The summed E-state index contributed by atoms with van der Waals surface area (Å²) >= 11 is 0. The summed E-state index contributed by atoms with van der Waals surface area (Å²) in [5, 5.41) is 16.7. The van der Waals surface area contributed by atoms with Crippen LogP contribution in [-0.2, 0) is 24.0 Å². The molecule has 0 aliphatic carbocycles. The fourth-order valence-electron chi connectivity index (χ4n) is 3.30. The minimum atomic E-state index is -1.34. The van der Waals surface area contributed by atoms with Crippen LogP contribution >= 0.6 is 0 Å². The molecular weight excluding hydrogens is 492 g/mol. The molecule has 7 amide bonds. The van der Waals surface area contributed by atoms with Gasteiger partial charge in [0.25, 0.3) is 5.91 Å². The van der Waals surface area contributed by atoms with Crippen LogP contribution in [0.1, 0.15) is 13.3 Å². The Morgan fingerprint density at radius 2 is 1.76 bits per heavy atom. The predicted molar refractivity (Wildman–Crippen MR) is 128 cm³/mol. The lowest BCUT2D eigenvalue weighted by atomic mass is 10.0. The summed E-state index contributed by atoms with van der Waals surface area (Å²) in [5.74, 6) is -4.16. The summed E-state index contributed by atoms with van der Waals surface area (Å²) in [7, 11) is 0. The third-order valence-electron chi connectivity index (χ3n) is 5.34. The highest BCUT2D eigenvalue weighted by Crippen LogP contribution is 2.06. The van der Waals surface area contributed by atoms with E-state index in [2.05, 4.69) is 42.2 Å². The largest absolute Gasteiger partial charge is 0.370 e. The monoisotopic (exact) mass is 524 g/mol.